The minimum absolute atomic E-state index is 0.0791. The number of hydrogen-bond donors (Lipinski definition) is 1. The minimum atomic E-state index is -4.04. The highest BCUT2D eigenvalue weighted by Crippen LogP contribution is 2.21. The van der Waals surface area contributed by atoms with E-state index in [0.717, 1.165) is 32.4 Å². The summed E-state index contributed by atoms with van der Waals surface area (Å²) in [5.74, 6) is 0.684. The van der Waals surface area contributed by atoms with Gasteiger partial charge in [-0.2, -0.15) is 13.2 Å². The minimum Gasteiger partial charge on any atom is -0.381 e. The summed E-state index contributed by atoms with van der Waals surface area (Å²) >= 11 is 0. The van der Waals surface area contributed by atoms with Crippen molar-refractivity contribution in [3.63, 3.8) is 0 Å². The summed E-state index contributed by atoms with van der Waals surface area (Å²) in [6.45, 7) is 2.94. The van der Waals surface area contributed by atoms with Crippen molar-refractivity contribution in [2.45, 2.75) is 38.3 Å². The molecule has 1 heterocycles. The topological polar surface area (TPSA) is 21.3 Å². The van der Waals surface area contributed by atoms with Gasteiger partial charge in [0.25, 0.3) is 0 Å². The number of hydrogen-bond acceptors (Lipinski definition) is 2. The summed E-state index contributed by atoms with van der Waals surface area (Å²) in [5, 5.41) is 3.28. The predicted octanol–water partition coefficient (Wildman–Crippen LogP) is 2.74. The Morgan fingerprint density at radius 1 is 1.12 bits per heavy atom. The van der Waals surface area contributed by atoms with E-state index in [1.807, 2.05) is 0 Å². The average Bonchev–Trinajstić information content (AvgIpc) is 2.23. The van der Waals surface area contributed by atoms with Gasteiger partial charge in [0.15, 0.2) is 0 Å². The second-order valence-electron chi connectivity index (χ2n) is 4.31. The fraction of sp³-hybridized carbons (Fsp3) is 1.00. The molecule has 0 radical (unpaired) electrons. The van der Waals surface area contributed by atoms with Gasteiger partial charge in [-0.3, -0.25) is 0 Å². The van der Waals surface area contributed by atoms with Gasteiger partial charge in [0, 0.05) is 19.6 Å². The van der Waals surface area contributed by atoms with E-state index in [0.29, 0.717) is 12.5 Å². The number of piperidine rings is 1. The molecule has 2 nitrogen and oxygen atoms in total. The first kappa shape index (κ1) is 13.8. The quantitative estimate of drug-likeness (QED) is 0.720. The van der Waals surface area contributed by atoms with Gasteiger partial charge in [-0.05, 0) is 44.7 Å². The monoisotopic (exact) mass is 239 g/mol. The highest BCUT2D eigenvalue weighted by Gasteiger charge is 2.25. The smallest absolute Gasteiger partial charge is 0.381 e. The lowest BCUT2D eigenvalue weighted by atomic mass is 9.95. The van der Waals surface area contributed by atoms with Crippen LogP contribution in [0.4, 0.5) is 13.2 Å². The second kappa shape index (κ2) is 7.12. The summed E-state index contributed by atoms with van der Waals surface area (Å²) in [5.41, 5.74) is 0. The van der Waals surface area contributed by atoms with Crippen LogP contribution in [0, 0.1) is 5.92 Å². The van der Waals surface area contributed by atoms with Crippen LogP contribution in [0.5, 0.6) is 0 Å². The molecule has 0 aromatic carbocycles. The van der Waals surface area contributed by atoms with Crippen molar-refractivity contribution in [3.8, 4) is 0 Å². The van der Waals surface area contributed by atoms with Crippen molar-refractivity contribution in [1.82, 2.24) is 5.32 Å². The van der Waals surface area contributed by atoms with Crippen LogP contribution in [0.25, 0.3) is 0 Å². The zero-order chi connectivity index (χ0) is 11.9. The molecule has 1 aliphatic rings. The van der Waals surface area contributed by atoms with E-state index in [4.69, 9.17) is 4.74 Å². The molecule has 1 saturated heterocycles. The van der Waals surface area contributed by atoms with Gasteiger partial charge in [0.1, 0.15) is 0 Å². The van der Waals surface area contributed by atoms with Crippen LogP contribution in [0.1, 0.15) is 32.1 Å². The van der Waals surface area contributed by atoms with Gasteiger partial charge in [-0.1, -0.05) is 0 Å². The zero-order valence-corrected chi connectivity index (χ0v) is 9.48. The number of halogens is 3. The van der Waals surface area contributed by atoms with Gasteiger partial charge in [0.05, 0.1) is 0 Å². The Morgan fingerprint density at radius 3 is 2.44 bits per heavy atom. The van der Waals surface area contributed by atoms with Crippen molar-refractivity contribution in [2.75, 3.05) is 26.3 Å². The van der Waals surface area contributed by atoms with Crippen LogP contribution in [0.3, 0.4) is 0 Å². The van der Waals surface area contributed by atoms with Crippen LogP contribution in [0.2, 0.25) is 0 Å². The third-order valence-corrected chi connectivity index (χ3v) is 2.88. The molecule has 16 heavy (non-hydrogen) atoms. The van der Waals surface area contributed by atoms with Crippen molar-refractivity contribution in [1.29, 1.82) is 0 Å². The molecule has 1 rings (SSSR count). The lowest BCUT2D eigenvalue weighted by molar-refractivity contribution is -0.137. The molecule has 0 spiro atoms. The predicted molar refractivity (Wildman–Crippen MR) is 56.3 cm³/mol. The molecule has 96 valence electrons. The molecular formula is C11H20F3NO. The fourth-order valence-electron chi connectivity index (χ4n) is 1.90. The summed E-state index contributed by atoms with van der Waals surface area (Å²) in [7, 11) is 0. The van der Waals surface area contributed by atoms with Crippen molar-refractivity contribution >= 4 is 0 Å². The highest BCUT2D eigenvalue weighted by molar-refractivity contribution is 4.67. The SMILES string of the molecule is FC(F)(F)CCCOCCC1CCNCC1. The zero-order valence-electron chi connectivity index (χ0n) is 9.48. The number of nitrogens with one attached hydrogen (secondary N) is 1. The van der Waals surface area contributed by atoms with E-state index in [-0.39, 0.29) is 13.0 Å². The first-order valence-corrected chi connectivity index (χ1v) is 5.93. The Hall–Kier alpha value is -0.290. The normalized spacial score (nSPS) is 18.9. The standard InChI is InChI=1S/C11H20F3NO/c12-11(13,14)5-1-8-16-9-4-10-2-6-15-7-3-10/h10,15H,1-9H2. The maximum absolute atomic E-state index is 11.8. The summed E-state index contributed by atoms with van der Waals surface area (Å²) in [6, 6.07) is 0. The lowest BCUT2D eigenvalue weighted by Crippen LogP contribution is -2.28. The Morgan fingerprint density at radius 2 is 1.81 bits per heavy atom. The maximum atomic E-state index is 11.8. The number of alkyl halides is 3. The van der Waals surface area contributed by atoms with E-state index in [9.17, 15) is 13.2 Å². The van der Waals surface area contributed by atoms with Gasteiger partial charge < -0.3 is 10.1 Å². The van der Waals surface area contributed by atoms with Gasteiger partial charge in [-0.25, -0.2) is 0 Å². The van der Waals surface area contributed by atoms with Crippen LogP contribution < -0.4 is 5.32 Å². The van der Waals surface area contributed by atoms with E-state index in [2.05, 4.69) is 5.32 Å². The average molecular weight is 239 g/mol. The van der Waals surface area contributed by atoms with E-state index >= 15 is 0 Å². The van der Waals surface area contributed by atoms with Crippen LogP contribution in [-0.2, 0) is 4.74 Å². The Bertz CT molecular complexity index is 179. The first-order valence-electron chi connectivity index (χ1n) is 5.93. The molecule has 0 aromatic rings. The van der Waals surface area contributed by atoms with Gasteiger partial charge in [0.2, 0.25) is 0 Å². The van der Waals surface area contributed by atoms with Gasteiger partial charge >= 0.3 is 6.18 Å². The third kappa shape index (κ3) is 7.06. The summed E-state index contributed by atoms with van der Waals surface area (Å²) < 4.78 is 40.6. The first-order chi connectivity index (χ1) is 7.58. The van der Waals surface area contributed by atoms with E-state index in [1.165, 1.54) is 0 Å². The number of rotatable bonds is 6. The van der Waals surface area contributed by atoms with Crippen molar-refractivity contribution in [3.05, 3.63) is 0 Å². The molecule has 0 bridgehead atoms. The molecule has 5 heteroatoms. The van der Waals surface area contributed by atoms with Crippen LogP contribution in [0.15, 0.2) is 0 Å². The molecule has 0 amide bonds. The Balaban J connectivity index is 1.87. The van der Waals surface area contributed by atoms with E-state index in [1.54, 1.807) is 0 Å². The van der Waals surface area contributed by atoms with E-state index < -0.39 is 12.6 Å². The molecule has 0 aliphatic carbocycles. The van der Waals surface area contributed by atoms with Crippen LogP contribution >= 0.6 is 0 Å². The number of ether oxygens (including phenoxy) is 1. The summed E-state index contributed by atoms with van der Waals surface area (Å²) in [6.07, 6.45) is -1.40. The molecule has 0 aromatic heterocycles. The molecule has 1 aliphatic heterocycles. The molecule has 0 unspecified atom stereocenters. The van der Waals surface area contributed by atoms with Crippen molar-refractivity contribution < 1.29 is 17.9 Å². The molecule has 1 fully saturated rings. The maximum Gasteiger partial charge on any atom is 0.389 e. The highest BCUT2D eigenvalue weighted by atomic mass is 19.4. The lowest BCUT2D eigenvalue weighted by Gasteiger charge is -2.22. The van der Waals surface area contributed by atoms with Crippen LogP contribution in [-0.4, -0.2) is 32.5 Å². The molecule has 0 saturated carbocycles. The third-order valence-electron chi connectivity index (χ3n) is 2.88. The van der Waals surface area contributed by atoms with Crippen molar-refractivity contribution in [2.24, 2.45) is 5.92 Å². The molecular weight excluding hydrogens is 219 g/mol. The fourth-order valence-corrected chi connectivity index (χ4v) is 1.90. The Labute approximate surface area is 94.5 Å². The Kier molecular flexibility index (Phi) is 6.13. The summed E-state index contributed by atoms with van der Waals surface area (Å²) in [4.78, 5) is 0. The van der Waals surface area contributed by atoms with Gasteiger partial charge in [-0.15, -0.1) is 0 Å². The molecule has 0 atom stereocenters. The second-order valence-corrected chi connectivity index (χ2v) is 4.31. The molecule has 1 N–H and O–H groups in total. The largest absolute Gasteiger partial charge is 0.389 e.